The third-order valence-electron chi connectivity index (χ3n) is 4.35. The van der Waals surface area contributed by atoms with Crippen LogP contribution in [0.15, 0.2) is 65.3 Å². The fourth-order valence-corrected chi connectivity index (χ4v) is 4.69. The fourth-order valence-electron chi connectivity index (χ4n) is 3.01. The molecule has 0 radical (unpaired) electrons. The number of hydrogen-bond acceptors (Lipinski definition) is 5. The summed E-state index contributed by atoms with van der Waals surface area (Å²) in [6.45, 7) is 0. The summed E-state index contributed by atoms with van der Waals surface area (Å²) in [5, 5.41) is 4.72. The van der Waals surface area contributed by atoms with Crippen molar-refractivity contribution in [2.75, 3.05) is 5.32 Å². The van der Waals surface area contributed by atoms with Crippen molar-refractivity contribution < 1.29 is 9.21 Å². The summed E-state index contributed by atoms with van der Waals surface area (Å²) in [4.78, 5) is 21.7. The number of carbonyl (C=O) groups excluding carboxylic acids is 1. The van der Waals surface area contributed by atoms with Gasteiger partial charge in [0, 0.05) is 38.6 Å². The average Bonchev–Trinajstić information content (AvgIpc) is 3.29. The summed E-state index contributed by atoms with van der Waals surface area (Å²) < 4.78 is 6.64. The molecular formula is C21H11Cl2N3O2S. The molecule has 0 aliphatic carbocycles. The van der Waals surface area contributed by atoms with Gasteiger partial charge >= 0.3 is 0 Å². The monoisotopic (exact) mass is 439 g/mol. The van der Waals surface area contributed by atoms with Gasteiger partial charge in [-0.15, -0.1) is 11.3 Å². The first-order valence-corrected chi connectivity index (χ1v) is 10.2. The molecule has 142 valence electrons. The van der Waals surface area contributed by atoms with Crippen molar-refractivity contribution in [3.05, 3.63) is 75.8 Å². The summed E-state index contributed by atoms with van der Waals surface area (Å²) in [6, 6.07) is 14.4. The van der Waals surface area contributed by atoms with Crippen LogP contribution in [0.25, 0.3) is 32.6 Å². The number of pyridine rings is 1. The van der Waals surface area contributed by atoms with Crippen molar-refractivity contribution in [1.82, 2.24) is 9.97 Å². The van der Waals surface area contributed by atoms with Gasteiger partial charge in [0.05, 0.1) is 11.2 Å². The molecule has 5 rings (SSSR count). The number of nitrogens with one attached hydrogen (secondary N) is 1. The lowest BCUT2D eigenvalue weighted by atomic mass is 10.2. The van der Waals surface area contributed by atoms with E-state index >= 15 is 0 Å². The van der Waals surface area contributed by atoms with E-state index < -0.39 is 0 Å². The van der Waals surface area contributed by atoms with Gasteiger partial charge in [-0.2, -0.15) is 0 Å². The lowest BCUT2D eigenvalue weighted by Crippen LogP contribution is -2.10. The molecule has 29 heavy (non-hydrogen) atoms. The van der Waals surface area contributed by atoms with Crippen LogP contribution in [0.5, 0.6) is 0 Å². The predicted octanol–water partition coefficient (Wildman–Crippen LogP) is 6.66. The Bertz CT molecular complexity index is 1360. The van der Waals surface area contributed by atoms with E-state index in [1.807, 2.05) is 18.2 Å². The molecule has 0 aliphatic heterocycles. The van der Waals surface area contributed by atoms with E-state index in [0.717, 1.165) is 15.6 Å². The molecule has 3 heterocycles. The normalized spacial score (nSPS) is 11.2. The Kier molecular flexibility index (Phi) is 4.47. The molecule has 0 unspecified atom stereocenters. The van der Waals surface area contributed by atoms with E-state index in [1.165, 1.54) is 11.3 Å². The summed E-state index contributed by atoms with van der Waals surface area (Å²) in [5.74, 6) is 0.171. The minimum Gasteiger partial charge on any atom is -0.436 e. The quantitative estimate of drug-likeness (QED) is 0.341. The fraction of sp³-hybridized carbons (Fsp3) is 0. The zero-order chi connectivity index (χ0) is 20.0. The maximum absolute atomic E-state index is 12.8. The van der Waals surface area contributed by atoms with Gasteiger partial charge in [0.25, 0.3) is 5.91 Å². The number of halogens is 2. The zero-order valence-electron chi connectivity index (χ0n) is 14.6. The van der Waals surface area contributed by atoms with E-state index in [-0.39, 0.29) is 5.91 Å². The van der Waals surface area contributed by atoms with Crippen molar-refractivity contribution in [2.24, 2.45) is 0 Å². The highest BCUT2D eigenvalue weighted by molar-refractivity contribution is 7.21. The first-order chi connectivity index (χ1) is 14.1. The summed E-state index contributed by atoms with van der Waals surface area (Å²) in [7, 11) is 0. The smallest absolute Gasteiger partial charge is 0.267 e. The van der Waals surface area contributed by atoms with Crippen molar-refractivity contribution >= 4 is 67.3 Å². The molecule has 5 aromatic rings. The van der Waals surface area contributed by atoms with Gasteiger partial charge < -0.3 is 9.73 Å². The molecule has 0 atom stereocenters. The minimum atomic E-state index is -0.286. The molecule has 8 heteroatoms. The molecule has 0 fully saturated rings. The second kappa shape index (κ2) is 7.15. The van der Waals surface area contributed by atoms with Crippen molar-refractivity contribution in [3.63, 3.8) is 0 Å². The molecule has 0 aliphatic rings. The Labute approximate surface area is 178 Å². The van der Waals surface area contributed by atoms with Gasteiger partial charge in [-0.25, -0.2) is 4.98 Å². The van der Waals surface area contributed by atoms with Crippen LogP contribution in [-0.4, -0.2) is 15.9 Å². The van der Waals surface area contributed by atoms with E-state index in [1.54, 1.807) is 42.7 Å². The van der Waals surface area contributed by atoms with Crippen LogP contribution in [-0.2, 0) is 0 Å². The summed E-state index contributed by atoms with van der Waals surface area (Å²) in [5.41, 5.74) is 2.68. The number of rotatable bonds is 3. The molecule has 0 saturated carbocycles. The molecule has 0 saturated heterocycles. The molecule has 2 aromatic carbocycles. The van der Waals surface area contributed by atoms with Gasteiger partial charge in [-0.3, -0.25) is 9.78 Å². The SMILES string of the molecule is O=C(Nc1cccc(-c2nc3cnccc3o2)c1)c1sc2cc(Cl)ccc2c1Cl. The maximum atomic E-state index is 12.8. The standard InChI is InChI=1S/C21H11Cl2N3O2S/c22-12-4-5-14-17(9-12)29-19(18(14)23)20(27)25-13-3-1-2-11(8-13)21-26-15-10-24-7-6-16(15)28-21/h1-10H,(H,25,27). The number of aromatic nitrogens is 2. The van der Waals surface area contributed by atoms with Gasteiger partial charge in [0.1, 0.15) is 10.4 Å². The van der Waals surface area contributed by atoms with E-state index in [4.69, 9.17) is 27.6 Å². The lowest BCUT2D eigenvalue weighted by molar-refractivity contribution is 0.103. The van der Waals surface area contributed by atoms with Crippen LogP contribution in [0, 0.1) is 0 Å². The lowest BCUT2D eigenvalue weighted by Gasteiger charge is -2.05. The molecule has 1 N–H and O–H groups in total. The minimum absolute atomic E-state index is 0.286. The average molecular weight is 440 g/mol. The van der Waals surface area contributed by atoms with Crippen LogP contribution in [0.2, 0.25) is 10.0 Å². The van der Waals surface area contributed by atoms with Crippen molar-refractivity contribution in [2.45, 2.75) is 0 Å². The maximum Gasteiger partial charge on any atom is 0.267 e. The number of hydrogen-bond donors (Lipinski definition) is 1. The molecule has 1 amide bonds. The largest absolute Gasteiger partial charge is 0.436 e. The van der Waals surface area contributed by atoms with Crippen LogP contribution in [0.4, 0.5) is 5.69 Å². The molecular weight excluding hydrogens is 429 g/mol. The Morgan fingerprint density at radius 1 is 1.10 bits per heavy atom. The number of oxazole rings is 1. The summed E-state index contributed by atoms with van der Waals surface area (Å²) >= 11 is 13.8. The number of carbonyl (C=O) groups is 1. The Morgan fingerprint density at radius 3 is 2.86 bits per heavy atom. The predicted molar refractivity (Wildman–Crippen MR) is 117 cm³/mol. The van der Waals surface area contributed by atoms with Gasteiger partial charge in [-0.05, 0) is 30.3 Å². The molecule has 5 nitrogen and oxygen atoms in total. The topological polar surface area (TPSA) is 68.0 Å². The Morgan fingerprint density at radius 2 is 2.00 bits per heavy atom. The van der Waals surface area contributed by atoms with E-state index in [9.17, 15) is 4.79 Å². The van der Waals surface area contributed by atoms with Gasteiger partial charge in [0.2, 0.25) is 5.89 Å². The number of thiophene rings is 1. The van der Waals surface area contributed by atoms with E-state index in [2.05, 4.69) is 15.3 Å². The van der Waals surface area contributed by atoms with Crippen LogP contribution in [0.1, 0.15) is 9.67 Å². The second-order valence-electron chi connectivity index (χ2n) is 6.28. The highest BCUT2D eigenvalue weighted by Gasteiger charge is 2.18. The number of nitrogens with zero attached hydrogens (tertiary/aromatic N) is 2. The highest BCUT2D eigenvalue weighted by atomic mass is 35.5. The van der Waals surface area contributed by atoms with Crippen LogP contribution < -0.4 is 5.32 Å². The third kappa shape index (κ3) is 3.35. The third-order valence-corrected chi connectivity index (χ3v) is 6.25. The van der Waals surface area contributed by atoms with Gasteiger partial charge in [0.15, 0.2) is 5.58 Å². The second-order valence-corrected chi connectivity index (χ2v) is 8.15. The molecule has 3 aromatic heterocycles. The summed E-state index contributed by atoms with van der Waals surface area (Å²) in [6.07, 6.45) is 3.29. The first kappa shape index (κ1) is 18.1. The van der Waals surface area contributed by atoms with Crippen LogP contribution in [0.3, 0.4) is 0 Å². The Balaban J connectivity index is 1.46. The molecule has 0 spiro atoms. The number of anilines is 1. The van der Waals surface area contributed by atoms with Crippen molar-refractivity contribution in [3.8, 4) is 11.5 Å². The number of amides is 1. The van der Waals surface area contributed by atoms with Gasteiger partial charge in [-0.1, -0.05) is 35.3 Å². The first-order valence-electron chi connectivity index (χ1n) is 8.58. The van der Waals surface area contributed by atoms with Crippen molar-refractivity contribution in [1.29, 1.82) is 0 Å². The molecule has 0 bridgehead atoms. The number of benzene rings is 2. The number of fused-ring (bicyclic) bond motifs is 2. The van der Waals surface area contributed by atoms with Crippen LogP contribution >= 0.6 is 34.5 Å². The Hall–Kier alpha value is -2.93. The highest BCUT2D eigenvalue weighted by Crippen LogP contribution is 2.37. The zero-order valence-corrected chi connectivity index (χ0v) is 17.0. The van der Waals surface area contributed by atoms with E-state index in [0.29, 0.717) is 37.6 Å².